The Morgan fingerprint density at radius 3 is 2.37 bits per heavy atom. The quantitative estimate of drug-likeness (QED) is 0.753. The number of ether oxygens (including phenoxy) is 2. The van der Waals surface area contributed by atoms with Gasteiger partial charge < -0.3 is 14.4 Å². The van der Waals surface area contributed by atoms with Crippen LogP contribution in [0.4, 0.5) is 0 Å². The van der Waals surface area contributed by atoms with Crippen molar-refractivity contribution in [3.63, 3.8) is 0 Å². The molecule has 5 nitrogen and oxygen atoms in total. The second-order valence-corrected chi connectivity index (χ2v) is 6.78. The van der Waals surface area contributed by atoms with Crippen molar-refractivity contribution in [2.75, 3.05) is 33.3 Å². The van der Waals surface area contributed by atoms with Gasteiger partial charge in [0.1, 0.15) is 11.5 Å². The highest BCUT2D eigenvalue weighted by atomic mass is 16.5. The number of piperazine rings is 1. The number of carbonyl (C=O) groups is 1. The van der Waals surface area contributed by atoms with Crippen LogP contribution in [0, 0.1) is 0 Å². The summed E-state index contributed by atoms with van der Waals surface area (Å²) in [6.45, 7) is 6.16. The molecule has 1 unspecified atom stereocenters. The first-order valence-corrected chi connectivity index (χ1v) is 9.55. The topological polar surface area (TPSA) is 42.0 Å². The van der Waals surface area contributed by atoms with Gasteiger partial charge in [-0.15, -0.1) is 0 Å². The van der Waals surface area contributed by atoms with Crippen LogP contribution in [0.5, 0.6) is 11.5 Å². The summed E-state index contributed by atoms with van der Waals surface area (Å²) in [5.74, 6) is 1.46. The minimum absolute atomic E-state index is 0.0691. The summed E-state index contributed by atoms with van der Waals surface area (Å²) in [7, 11) is 1.62. The van der Waals surface area contributed by atoms with E-state index in [1.54, 1.807) is 7.11 Å². The summed E-state index contributed by atoms with van der Waals surface area (Å²) < 4.78 is 11.2. The van der Waals surface area contributed by atoms with Crippen LogP contribution in [-0.4, -0.2) is 55.1 Å². The van der Waals surface area contributed by atoms with Crippen molar-refractivity contribution >= 4 is 5.91 Å². The van der Waals surface area contributed by atoms with Gasteiger partial charge in [-0.25, -0.2) is 0 Å². The maximum absolute atomic E-state index is 12.9. The molecular weight excluding hydrogens is 340 g/mol. The van der Waals surface area contributed by atoms with Gasteiger partial charge in [0.25, 0.3) is 5.91 Å². The first kappa shape index (κ1) is 19.2. The van der Waals surface area contributed by atoms with Crippen LogP contribution >= 0.6 is 0 Å². The van der Waals surface area contributed by atoms with Crippen LogP contribution < -0.4 is 9.47 Å². The molecule has 0 N–H and O–H groups in total. The number of rotatable bonds is 7. The van der Waals surface area contributed by atoms with Gasteiger partial charge in [0.05, 0.1) is 7.11 Å². The molecule has 27 heavy (non-hydrogen) atoms. The van der Waals surface area contributed by atoms with E-state index in [1.807, 2.05) is 42.2 Å². The number of nitrogens with zero attached hydrogens (tertiary/aromatic N) is 2. The summed E-state index contributed by atoms with van der Waals surface area (Å²) in [5, 5.41) is 0. The molecule has 1 atom stereocenters. The third-order valence-electron chi connectivity index (χ3n) is 4.90. The summed E-state index contributed by atoms with van der Waals surface area (Å²) in [4.78, 5) is 17.2. The molecule has 2 aromatic rings. The van der Waals surface area contributed by atoms with Crippen molar-refractivity contribution in [2.45, 2.75) is 26.0 Å². The maximum Gasteiger partial charge on any atom is 0.263 e. The molecule has 1 aliphatic rings. The van der Waals surface area contributed by atoms with E-state index in [0.717, 1.165) is 38.5 Å². The monoisotopic (exact) mass is 368 g/mol. The van der Waals surface area contributed by atoms with Crippen molar-refractivity contribution in [2.24, 2.45) is 0 Å². The zero-order chi connectivity index (χ0) is 19.1. The predicted molar refractivity (Wildman–Crippen MR) is 106 cm³/mol. The summed E-state index contributed by atoms with van der Waals surface area (Å²) in [6.07, 6.45) is 0.179. The molecule has 5 heteroatoms. The normalized spacial score (nSPS) is 16.0. The predicted octanol–water partition coefficient (Wildman–Crippen LogP) is 3.20. The first-order chi connectivity index (χ1) is 13.2. The Morgan fingerprint density at radius 1 is 1.00 bits per heavy atom. The van der Waals surface area contributed by atoms with Gasteiger partial charge in [0, 0.05) is 38.8 Å². The van der Waals surface area contributed by atoms with Crippen LogP contribution in [0.15, 0.2) is 54.6 Å². The number of benzene rings is 2. The SMILES string of the molecule is CCC(Oc1cccc(OC)c1)C(=O)N1CCN(Cc2ccccc2)CC1. The Bertz CT molecular complexity index is 727. The van der Waals surface area contributed by atoms with E-state index in [9.17, 15) is 4.79 Å². The van der Waals surface area contributed by atoms with Crippen LogP contribution in [0.2, 0.25) is 0 Å². The average molecular weight is 368 g/mol. The second kappa shape index (κ2) is 9.42. The van der Waals surface area contributed by atoms with Crippen molar-refractivity contribution in [3.8, 4) is 11.5 Å². The van der Waals surface area contributed by atoms with Gasteiger partial charge in [0.2, 0.25) is 0 Å². The minimum atomic E-state index is -0.460. The number of hydrogen-bond acceptors (Lipinski definition) is 4. The first-order valence-electron chi connectivity index (χ1n) is 9.55. The third-order valence-corrected chi connectivity index (χ3v) is 4.90. The van der Waals surface area contributed by atoms with Crippen LogP contribution in [0.1, 0.15) is 18.9 Å². The fraction of sp³-hybridized carbons (Fsp3) is 0.409. The van der Waals surface area contributed by atoms with E-state index < -0.39 is 6.10 Å². The molecular formula is C22H28N2O3. The summed E-state index contributed by atoms with van der Waals surface area (Å²) >= 11 is 0. The lowest BCUT2D eigenvalue weighted by Gasteiger charge is -2.36. The Hall–Kier alpha value is -2.53. The fourth-order valence-corrected chi connectivity index (χ4v) is 3.32. The second-order valence-electron chi connectivity index (χ2n) is 6.78. The van der Waals surface area contributed by atoms with E-state index in [1.165, 1.54) is 5.56 Å². The Morgan fingerprint density at radius 2 is 1.70 bits per heavy atom. The van der Waals surface area contributed by atoms with Crippen LogP contribution in [0.3, 0.4) is 0 Å². The van der Waals surface area contributed by atoms with Crippen molar-refractivity contribution < 1.29 is 14.3 Å². The maximum atomic E-state index is 12.9. The van der Waals surface area contributed by atoms with Crippen molar-refractivity contribution in [1.82, 2.24) is 9.80 Å². The Balaban J connectivity index is 1.53. The van der Waals surface area contributed by atoms with E-state index in [0.29, 0.717) is 12.2 Å². The van der Waals surface area contributed by atoms with E-state index in [4.69, 9.17) is 9.47 Å². The lowest BCUT2D eigenvalue weighted by Crippen LogP contribution is -2.52. The third kappa shape index (κ3) is 5.23. The Kier molecular flexibility index (Phi) is 6.71. The highest BCUT2D eigenvalue weighted by Crippen LogP contribution is 2.21. The molecule has 1 amide bonds. The smallest absolute Gasteiger partial charge is 0.263 e. The van der Waals surface area contributed by atoms with Crippen LogP contribution in [0.25, 0.3) is 0 Å². The molecule has 0 bridgehead atoms. The van der Waals surface area contributed by atoms with E-state index >= 15 is 0 Å². The molecule has 0 aliphatic carbocycles. The fourth-order valence-electron chi connectivity index (χ4n) is 3.32. The van der Waals surface area contributed by atoms with Crippen molar-refractivity contribution in [1.29, 1.82) is 0 Å². The van der Waals surface area contributed by atoms with Gasteiger partial charge in [-0.1, -0.05) is 43.3 Å². The molecule has 0 saturated carbocycles. The molecule has 1 fully saturated rings. The molecule has 1 aliphatic heterocycles. The highest BCUT2D eigenvalue weighted by molar-refractivity contribution is 5.81. The van der Waals surface area contributed by atoms with Gasteiger partial charge in [0.15, 0.2) is 6.10 Å². The van der Waals surface area contributed by atoms with Gasteiger partial charge in [-0.3, -0.25) is 9.69 Å². The molecule has 0 aromatic heterocycles. The largest absolute Gasteiger partial charge is 0.497 e. The van der Waals surface area contributed by atoms with Gasteiger partial charge >= 0.3 is 0 Å². The van der Waals surface area contributed by atoms with Gasteiger partial charge in [-0.05, 0) is 24.1 Å². The molecule has 1 saturated heterocycles. The number of hydrogen-bond donors (Lipinski definition) is 0. The zero-order valence-electron chi connectivity index (χ0n) is 16.1. The molecule has 3 rings (SSSR count). The highest BCUT2D eigenvalue weighted by Gasteiger charge is 2.27. The van der Waals surface area contributed by atoms with E-state index in [2.05, 4.69) is 29.2 Å². The minimum Gasteiger partial charge on any atom is -0.497 e. The Labute approximate surface area is 161 Å². The number of carbonyl (C=O) groups excluding carboxylic acids is 1. The number of methoxy groups -OCH3 is 1. The summed E-state index contributed by atoms with van der Waals surface area (Å²) in [5.41, 5.74) is 1.31. The standard InChI is InChI=1S/C22H28N2O3/c1-3-21(27-20-11-7-10-19(16-20)26-2)22(25)24-14-12-23(13-15-24)17-18-8-5-4-6-9-18/h4-11,16,21H,3,12-15,17H2,1-2H3. The summed E-state index contributed by atoms with van der Waals surface area (Å²) in [6, 6.07) is 17.9. The molecule has 2 aromatic carbocycles. The average Bonchev–Trinajstić information content (AvgIpc) is 2.73. The lowest BCUT2D eigenvalue weighted by molar-refractivity contribution is -0.140. The molecule has 1 heterocycles. The van der Waals surface area contributed by atoms with Gasteiger partial charge in [-0.2, -0.15) is 0 Å². The molecule has 144 valence electrons. The number of amides is 1. The molecule has 0 radical (unpaired) electrons. The lowest BCUT2D eigenvalue weighted by atomic mass is 10.1. The van der Waals surface area contributed by atoms with Crippen molar-refractivity contribution in [3.05, 3.63) is 60.2 Å². The van der Waals surface area contributed by atoms with E-state index in [-0.39, 0.29) is 5.91 Å². The zero-order valence-corrected chi connectivity index (χ0v) is 16.1. The molecule has 0 spiro atoms. The van der Waals surface area contributed by atoms with Crippen LogP contribution in [-0.2, 0) is 11.3 Å².